The highest BCUT2D eigenvalue weighted by molar-refractivity contribution is 9.10. The lowest BCUT2D eigenvalue weighted by atomic mass is 9.87. The minimum absolute atomic E-state index is 0.0251. The molecule has 19 heavy (non-hydrogen) atoms. The van der Waals surface area contributed by atoms with Gasteiger partial charge in [0, 0.05) is 16.8 Å². The van der Waals surface area contributed by atoms with Gasteiger partial charge in [-0.3, -0.25) is 4.79 Å². The molecule has 0 saturated heterocycles. The van der Waals surface area contributed by atoms with Crippen molar-refractivity contribution in [2.45, 2.75) is 19.3 Å². The topological polar surface area (TPSA) is 52.9 Å². The fraction of sp³-hybridized carbons (Fsp3) is 0.286. The van der Waals surface area contributed by atoms with Crippen LogP contribution < -0.4 is 5.32 Å². The fourth-order valence-electron chi connectivity index (χ4n) is 2.06. The van der Waals surface area contributed by atoms with Crippen LogP contribution in [0.2, 0.25) is 0 Å². The van der Waals surface area contributed by atoms with Crippen LogP contribution in [-0.2, 0) is 4.79 Å². The molecular formula is C14H13BrN2OS. The lowest BCUT2D eigenvalue weighted by Gasteiger charge is -2.24. The zero-order valence-electron chi connectivity index (χ0n) is 10.4. The van der Waals surface area contributed by atoms with Crippen molar-refractivity contribution in [1.29, 1.82) is 5.26 Å². The van der Waals surface area contributed by atoms with Gasteiger partial charge in [-0.2, -0.15) is 5.26 Å². The molecule has 1 aliphatic heterocycles. The van der Waals surface area contributed by atoms with Crippen LogP contribution in [0.1, 0.15) is 24.8 Å². The van der Waals surface area contributed by atoms with Crippen molar-refractivity contribution in [3.63, 3.8) is 0 Å². The molecule has 0 aromatic heterocycles. The van der Waals surface area contributed by atoms with E-state index in [1.807, 2.05) is 31.2 Å². The molecule has 1 N–H and O–H groups in total. The minimum atomic E-state index is -0.138. The molecule has 1 aliphatic rings. The minimum Gasteiger partial charge on any atom is -0.320 e. The Labute approximate surface area is 125 Å². The largest absolute Gasteiger partial charge is 0.320 e. The number of allylic oxidation sites excluding steroid dienone is 1. The van der Waals surface area contributed by atoms with E-state index in [0.29, 0.717) is 17.0 Å². The maximum Gasteiger partial charge on any atom is 0.225 e. The number of halogens is 1. The van der Waals surface area contributed by atoms with Crippen LogP contribution in [0.15, 0.2) is 39.3 Å². The number of amides is 1. The molecule has 1 atom stereocenters. The molecule has 0 saturated carbocycles. The zero-order valence-corrected chi connectivity index (χ0v) is 12.8. The van der Waals surface area contributed by atoms with Crippen LogP contribution in [0.4, 0.5) is 0 Å². The van der Waals surface area contributed by atoms with E-state index in [-0.39, 0.29) is 11.8 Å². The summed E-state index contributed by atoms with van der Waals surface area (Å²) in [6.45, 7) is 2.00. The van der Waals surface area contributed by atoms with E-state index in [9.17, 15) is 10.1 Å². The first kappa shape index (κ1) is 14.2. The number of thioether (sulfide) groups is 1. The first-order chi connectivity index (χ1) is 9.15. The summed E-state index contributed by atoms with van der Waals surface area (Å²) >= 11 is 4.90. The number of nitriles is 1. The van der Waals surface area contributed by atoms with Crippen molar-refractivity contribution in [2.75, 3.05) is 5.75 Å². The van der Waals surface area contributed by atoms with Gasteiger partial charge in [-0.15, -0.1) is 11.8 Å². The van der Waals surface area contributed by atoms with Crippen molar-refractivity contribution in [3.05, 3.63) is 44.9 Å². The van der Waals surface area contributed by atoms with Crippen molar-refractivity contribution >= 4 is 33.6 Å². The van der Waals surface area contributed by atoms with E-state index in [2.05, 4.69) is 27.3 Å². The van der Waals surface area contributed by atoms with Gasteiger partial charge in [0.05, 0.1) is 16.7 Å². The Hall–Kier alpha value is -1.25. The molecule has 1 aromatic carbocycles. The number of benzene rings is 1. The summed E-state index contributed by atoms with van der Waals surface area (Å²) in [7, 11) is 0. The Bertz CT molecular complexity index is 560. The van der Waals surface area contributed by atoms with Crippen molar-refractivity contribution < 1.29 is 4.79 Å². The van der Waals surface area contributed by atoms with Crippen LogP contribution in [0.3, 0.4) is 0 Å². The van der Waals surface area contributed by atoms with E-state index < -0.39 is 0 Å². The first-order valence-corrected chi connectivity index (χ1v) is 7.76. The highest BCUT2D eigenvalue weighted by atomic mass is 79.9. The third-order valence-corrected chi connectivity index (χ3v) is 4.35. The first-order valence-electron chi connectivity index (χ1n) is 5.98. The number of hydrogen-bond donors (Lipinski definition) is 1. The predicted octanol–water partition coefficient (Wildman–Crippen LogP) is 3.54. The highest BCUT2D eigenvalue weighted by Gasteiger charge is 2.29. The SMILES string of the molecule is CCSC1=C(C#N)[C@H](c2ccc(Br)cc2)CC(=O)N1. The molecule has 1 aromatic rings. The van der Waals surface area contributed by atoms with Gasteiger partial charge in [0.2, 0.25) is 5.91 Å². The molecule has 0 bridgehead atoms. The average Bonchev–Trinajstić information content (AvgIpc) is 2.39. The van der Waals surface area contributed by atoms with Crippen LogP contribution >= 0.6 is 27.7 Å². The van der Waals surface area contributed by atoms with Gasteiger partial charge in [0.25, 0.3) is 0 Å². The van der Waals surface area contributed by atoms with E-state index in [4.69, 9.17) is 0 Å². The summed E-state index contributed by atoms with van der Waals surface area (Å²) in [4.78, 5) is 11.8. The molecule has 0 fully saturated rings. The summed E-state index contributed by atoms with van der Waals surface area (Å²) in [5.74, 6) is 0.664. The highest BCUT2D eigenvalue weighted by Crippen LogP contribution is 2.36. The molecule has 0 aliphatic carbocycles. The van der Waals surface area contributed by atoms with Gasteiger partial charge < -0.3 is 5.32 Å². The van der Waals surface area contributed by atoms with Gasteiger partial charge in [-0.25, -0.2) is 0 Å². The summed E-state index contributed by atoms with van der Waals surface area (Å²) < 4.78 is 0.988. The van der Waals surface area contributed by atoms with Gasteiger partial charge in [0.1, 0.15) is 0 Å². The normalized spacial score (nSPS) is 19.0. The Balaban J connectivity index is 2.42. The van der Waals surface area contributed by atoms with Crippen LogP contribution in [0, 0.1) is 11.3 Å². The second-order valence-corrected chi connectivity index (χ2v) is 6.33. The molecule has 0 spiro atoms. The Morgan fingerprint density at radius 2 is 2.16 bits per heavy atom. The van der Waals surface area contributed by atoms with Crippen molar-refractivity contribution in [2.24, 2.45) is 0 Å². The predicted molar refractivity (Wildman–Crippen MR) is 80.4 cm³/mol. The number of nitrogens with one attached hydrogen (secondary N) is 1. The van der Waals surface area contributed by atoms with E-state index in [1.165, 1.54) is 11.8 Å². The second kappa shape index (κ2) is 6.27. The summed E-state index contributed by atoms with van der Waals surface area (Å²) in [5, 5.41) is 12.9. The van der Waals surface area contributed by atoms with E-state index in [1.54, 1.807) is 0 Å². The van der Waals surface area contributed by atoms with Crippen molar-refractivity contribution in [3.8, 4) is 6.07 Å². The maximum atomic E-state index is 11.8. The Morgan fingerprint density at radius 3 is 2.74 bits per heavy atom. The maximum absolute atomic E-state index is 11.8. The quantitative estimate of drug-likeness (QED) is 0.918. The van der Waals surface area contributed by atoms with Crippen LogP contribution in [0.5, 0.6) is 0 Å². The molecular weight excluding hydrogens is 324 g/mol. The standard InChI is InChI=1S/C14H13BrN2OS/c1-2-19-14-12(8-16)11(7-13(18)17-14)9-3-5-10(15)6-4-9/h3-6,11H,2,7H2,1H3,(H,17,18)/t11-/m0/s1. The summed E-state index contributed by atoms with van der Waals surface area (Å²) in [6, 6.07) is 10.0. The molecule has 3 nitrogen and oxygen atoms in total. The van der Waals surface area contributed by atoms with E-state index >= 15 is 0 Å². The van der Waals surface area contributed by atoms with Crippen LogP contribution in [-0.4, -0.2) is 11.7 Å². The van der Waals surface area contributed by atoms with Gasteiger partial charge in [-0.05, 0) is 23.4 Å². The van der Waals surface area contributed by atoms with Gasteiger partial charge >= 0.3 is 0 Å². The van der Waals surface area contributed by atoms with Gasteiger partial charge in [-0.1, -0.05) is 35.0 Å². The number of nitrogens with zero attached hydrogens (tertiary/aromatic N) is 1. The Kier molecular flexibility index (Phi) is 4.67. The molecule has 2 rings (SSSR count). The molecule has 1 amide bonds. The molecule has 5 heteroatoms. The molecule has 98 valence electrons. The monoisotopic (exact) mass is 336 g/mol. The third-order valence-electron chi connectivity index (χ3n) is 2.92. The number of rotatable bonds is 3. The average molecular weight is 337 g/mol. The summed E-state index contributed by atoms with van der Waals surface area (Å²) in [5.41, 5.74) is 1.66. The summed E-state index contributed by atoms with van der Waals surface area (Å²) in [6.07, 6.45) is 0.332. The van der Waals surface area contributed by atoms with Crippen LogP contribution in [0.25, 0.3) is 0 Å². The molecule has 1 heterocycles. The lowest BCUT2D eigenvalue weighted by Crippen LogP contribution is -2.30. The number of carbonyl (C=O) groups is 1. The lowest BCUT2D eigenvalue weighted by molar-refractivity contribution is -0.120. The number of hydrogen-bond acceptors (Lipinski definition) is 3. The van der Waals surface area contributed by atoms with E-state index in [0.717, 1.165) is 15.8 Å². The molecule has 0 unspecified atom stereocenters. The smallest absolute Gasteiger partial charge is 0.225 e. The number of carbonyl (C=O) groups excluding carboxylic acids is 1. The van der Waals surface area contributed by atoms with Crippen molar-refractivity contribution in [1.82, 2.24) is 5.32 Å². The zero-order chi connectivity index (χ0) is 13.8. The Morgan fingerprint density at radius 1 is 1.47 bits per heavy atom. The molecule has 0 radical (unpaired) electrons. The van der Waals surface area contributed by atoms with Gasteiger partial charge in [0.15, 0.2) is 0 Å². The third kappa shape index (κ3) is 3.20. The fourth-order valence-corrected chi connectivity index (χ4v) is 3.14. The second-order valence-electron chi connectivity index (χ2n) is 4.14.